The summed E-state index contributed by atoms with van der Waals surface area (Å²) in [4.78, 5) is 0. The zero-order valence-electron chi connectivity index (χ0n) is 19.5. The van der Waals surface area contributed by atoms with Crippen molar-refractivity contribution in [3.05, 3.63) is 116 Å². The van der Waals surface area contributed by atoms with Gasteiger partial charge in [-0.05, 0) is 0 Å². The van der Waals surface area contributed by atoms with E-state index >= 15 is 0 Å². The first-order valence-corrected chi connectivity index (χ1v) is 18.9. The molecular weight excluding hydrogens is 539 g/mol. The maximum atomic E-state index is 2.79. The second-order valence-electron chi connectivity index (χ2n) is 9.74. The van der Waals surface area contributed by atoms with Crippen molar-refractivity contribution < 1.29 is 46.1 Å². The van der Waals surface area contributed by atoms with Gasteiger partial charge in [-0.3, -0.25) is 0 Å². The van der Waals surface area contributed by atoms with Crippen LogP contribution in [0.3, 0.4) is 0 Å². The van der Waals surface area contributed by atoms with Crippen LogP contribution in [0.15, 0.2) is 99.5 Å². The van der Waals surface area contributed by atoms with Crippen LogP contribution in [-0.4, -0.2) is 11.8 Å². The van der Waals surface area contributed by atoms with E-state index in [0.717, 1.165) is 6.42 Å². The summed E-state index contributed by atoms with van der Waals surface area (Å²) in [6, 6.07) is 29.4. The minimum Gasteiger partial charge on any atom is -1.00 e. The van der Waals surface area contributed by atoms with Gasteiger partial charge < -0.3 is 24.8 Å². The first-order valence-electron chi connectivity index (χ1n) is 11.4. The Morgan fingerprint density at radius 3 is 1.88 bits per heavy atom. The summed E-state index contributed by atoms with van der Waals surface area (Å²) in [7, 11) is -1.28. The van der Waals surface area contributed by atoms with Crippen LogP contribution >= 0.6 is 0 Å². The van der Waals surface area contributed by atoms with Gasteiger partial charge in [0.05, 0.1) is 0 Å². The summed E-state index contributed by atoms with van der Waals surface area (Å²) >= 11 is -2.14. The van der Waals surface area contributed by atoms with Crippen molar-refractivity contribution >= 4 is 11.8 Å². The van der Waals surface area contributed by atoms with Crippen molar-refractivity contribution in [1.29, 1.82) is 0 Å². The molecule has 0 aromatic heterocycles. The Hall–Kier alpha value is -1.31. The Balaban J connectivity index is 0.00000153. The Bertz CT molecular complexity index is 1170. The van der Waals surface area contributed by atoms with Gasteiger partial charge in [-0.1, -0.05) is 0 Å². The molecule has 0 amide bonds. The van der Waals surface area contributed by atoms with Gasteiger partial charge in [0.2, 0.25) is 0 Å². The molecule has 5 rings (SSSR count). The molecule has 0 aliphatic heterocycles. The van der Waals surface area contributed by atoms with Gasteiger partial charge in [-0.2, -0.15) is 0 Å². The average Bonchev–Trinajstić information content (AvgIpc) is 3.39. The normalized spacial score (nSPS) is 14.5. The average molecular weight is 569 g/mol. The molecule has 0 saturated heterocycles. The van der Waals surface area contributed by atoms with E-state index in [1.807, 2.05) is 0 Å². The van der Waals surface area contributed by atoms with Crippen LogP contribution in [-0.2, 0) is 27.7 Å². The van der Waals surface area contributed by atoms with Crippen LogP contribution in [0.25, 0.3) is 11.1 Å². The molecule has 0 atom stereocenters. The second-order valence-corrected chi connectivity index (χ2v) is 21.1. The standard InChI is InChI=1S/C13H9.C8H13Si.C8H8.2ClH.Zr/c1-3-7-12-10(5-1)9-11-6-2-4-8-13(11)12;1-9(2,3)8-6-4-5-7-8;1-2-8-6-4-3-5-7-8;;;/h1-9H;6-7H,4H2,1-3H3;1,3-7H,2H2;2*1H;/q;;;;;+2/p-2. The molecule has 3 aromatic rings. The molecule has 33 heavy (non-hydrogen) atoms. The van der Waals surface area contributed by atoms with Gasteiger partial charge >= 0.3 is 196 Å². The third-order valence-corrected chi connectivity index (χ3v) is 16.1. The minimum atomic E-state index is -2.14. The molecule has 0 bridgehead atoms. The summed E-state index contributed by atoms with van der Waals surface area (Å²) in [5.41, 5.74) is 7.52. The number of allylic oxidation sites excluding steroid dienone is 4. The van der Waals surface area contributed by atoms with E-state index in [1.165, 1.54) is 23.1 Å². The topological polar surface area (TPSA) is 0 Å². The SMILES string of the molecule is C[Si](C)(C)C1=CC[C](/[Zr+2](=[CH]/Cc2ccccc2)[CH]2c3ccccc3-c3ccccc32)=C1.[Cl-].[Cl-]. The molecule has 0 N–H and O–H groups in total. The van der Waals surface area contributed by atoms with Gasteiger partial charge in [-0.25, -0.2) is 0 Å². The van der Waals surface area contributed by atoms with Crippen LogP contribution in [0.1, 0.15) is 26.7 Å². The van der Waals surface area contributed by atoms with E-state index in [1.54, 1.807) is 19.6 Å². The van der Waals surface area contributed by atoms with Crippen molar-refractivity contribution in [1.82, 2.24) is 0 Å². The molecule has 0 heterocycles. The van der Waals surface area contributed by atoms with Crippen molar-refractivity contribution in [2.24, 2.45) is 0 Å². The maximum absolute atomic E-state index is 2.79. The predicted molar refractivity (Wildman–Crippen MR) is 134 cm³/mol. The fourth-order valence-corrected chi connectivity index (χ4v) is 14.5. The quantitative estimate of drug-likeness (QED) is 0.410. The van der Waals surface area contributed by atoms with E-state index in [9.17, 15) is 0 Å². The maximum Gasteiger partial charge on any atom is -1.00 e. The van der Waals surface area contributed by atoms with Crippen molar-refractivity contribution in [2.45, 2.75) is 36.1 Å². The van der Waals surface area contributed by atoms with Crippen molar-refractivity contribution in [2.75, 3.05) is 0 Å². The van der Waals surface area contributed by atoms with E-state index in [4.69, 9.17) is 0 Å². The molecule has 168 valence electrons. The zero-order chi connectivity index (χ0) is 21.4. The zero-order valence-corrected chi connectivity index (χ0v) is 24.5. The number of rotatable bonds is 5. The second kappa shape index (κ2) is 11.0. The Kier molecular flexibility index (Phi) is 8.73. The Labute approximate surface area is 219 Å². The molecule has 0 spiro atoms. The van der Waals surface area contributed by atoms with Gasteiger partial charge in [0.25, 0.3) is 0 Å². The number of hydrogen-bond acceptors (Lipinski definition) is 0. The van der Waals surface area contributed by atoms with Crippen molar-refractivity contribution in [3.63, 3.8) is 0 Å². The molecule has 0 radical (unpaired) electrons. The first-order chi connectivity index (χ1) is 15.0. The molecule has 3 aromatic carbocycles. The third-order valence-electron chi connectivity index (χ3n) is 6.65. The molecule has 4 heteroatoms. The fourth-order valence-electron chi connectivity index (χ4n) is 5.02. The number of benzene rings is 3. The third kappa shape index (κ3) is 5.35. The predicted octanol–water partition coefficient (Wildman–Crippen LogP) is 1.52. The van der Waals surface area contributed by atoms with Crippen LogP contribution in [0.2, 0.25) is 19.6 Å². The first kappa shape index (κ1) is 26.3. The number of hydrogen-bond donors (Lipinski definition) is 0. The van der Waals surface area contributed by atoms with Gasteiger partial charge in [-0.15, -0.1) is 0 Å². The molecule has 0 unspecified atom stereocenters. The number of fused-ring (bicyclic) bond motifs is 3. The molecule has 0 saturated carbocycles. The van der Waals surface area contributed by atoms with E-state index in [0.29, 0.717) is 3.63 Å². The Morgan fingerprint density at radius 2 is 1.33 bits per heavy atom. The van der Waals surface area contributed by atoms with Crippen LogP contribution < -0.4 is 24.8 Å². The van der Waals surface area contributed by atoms with E-state index in [-0.39, 0.29) is 24.8 Å². The van der Waals surface area contributed by atoms with E-state index < -0.39 is 29.3 Å². The summed E-state index contributed by atoms with van der Waals surface area (Å²) in [5.74, 6) is 0. The summed E-state index contributed by atoms with van der Waals surface area (Å²) < 4.78 is 5.17. The molecule has 0 nitrogen and oxygen atoms in total. The molecule has 2 aliphatic rings. The summed E-state index contributed by atoms with van der Waals surface area (Å²) in [6.45, 7) is 7.44. The monoisotopic (exact) mass is 566 g/mol. The van der Waals surface area contributed by atoms with E-state index in [2.05, 4.69) is 114 Å². The van der Waals surface area contributed by atoms with Crippen molar-refractivity contribution in [3.8, 4) is 11.1 Å². The number of halogens is 2. The molecular formula is C29H30Cl2SiZr. The smallest absolute Gasteiger partial charge is 1.00 e. The van der Waals surface area contributed by atoms with Crippen LogP contribution in [0.5, 0.6) is 0 Å². The fraction of sp³-hybridized carbons (Fsp3) is 0.207. The van der Waals surface area contributed by atoms with Crippen LogP contribution in [0.4, 0.5) is 0 Å². The van der Waals surface area contributed by atoms with Gasteiger partial charge in [0.1, 0.15) is 0 Å². The minimum absolute atomic E-state index is 0. The van der Waals surface area contributed by atoms with Crippen LogP contribution in [0, 0.1) is 0 Å². The molecule has 2 aliphatic carbocycles. The van der Waals surface area contributed by atoms with Gasteiger partial charge in [0.15, 0.2) is 0 Å². The summed E-state index contributed by atoms with van der Waals surface area (Å²) in [5, 5.41) is 1.66. The molecule has 0 fully saturated rings. The largest absolute Gasteiger partial charge is 1.00 e. The Morgan fingerprint density at radius 1 is 0.788 bits per heavy atom. The summed E-state index contributed by atoms with van der Waals surface area (Å²) in [6.07, 6.45) is 7.48. The van der Waals surface area contributed by atoms with Gasteiger partial charge in [0, 0.05) is 0 Å².